The van der Waals surface area contributed by atoms with Crippen LogP contribution in [0, 0.1) is 0 Å². The Labute approximate surface area is 181 Å². The fourth-order valence-electron chi connectivity index (χ4n) is 4.71. The second kappa shape index (κ2) is 8.02. The van der Waals surface area contributed by atoms with Crippen LogP contribution in [0.5, 0.6) is 0 Å². The van der Waals surface area contributed by atoms with Crippen molar-refractivity contribution in [3.8, 4) is 11.1 Å². The standard InChI is InChI=1S/C25H27N5O/c1-16(31)28-19-5-7-20(8-6-19)29-21-14-22(25-23(15-21)26-10-11-27-25)18-4-3-17-9-12-30(2)24(17)13-18/h3-4,9-15,19-20,29H,5-8H2,1-2H3,(H,28,31). The van der Waals surface area contributed by atoms with Crippen molar-refractivity contribution in [2.45, 2.75) is 44.7 Å². The lowest BCUT2D eigenvalue weighted by Crippen LogP contribution is -2.39. The van der Waals surface area contributed by atoms with Gasteiger partial charge in [-0.05, 0) is 60.9 Å². The highest BCUT2D eigenvalue weighted by molar-refractivity contribution is 5.97. The summed E-state index contributed by atoms with van der Waals surface area (Å²) >= 11 is 0. The summed E-state index contributed by atoms with van der Waals surface area (Å²) in [7, 11) is 2.07. The predicted octanol–water partition coefficient (Wildman–Crippen LogP) is 4.65. The summed E-state index contributed by atoms with van der Waals surface area (Å²) in [5, 5.41) is 7.99. The van der Waals surface area contributed by atoms with Gasteiger partial charge in [-0.25, -0.2) is 0 Å². The van der Waals surface area contributed by atoms with Gasteiger partial charge in [0, 0.05) is 61.4 Å². The third-order valence-corrected chi connectivity index (χ3v) is 6.28. The molecule has 0 unspecified atom stereocenters. The van der Waals surface area contributed by atoms with Gasteiger partial charge in [0.2, 0.25) is 5.91 Å². The molecule has 1 fully saturated rings. The molecule has 1 amide bonds. The summed E-state index contributed by atoms with van der Waals surface area (Å²) in [6.07, 6.45) is 9.66. The highest BCUT2D eigenvalue weighted by Gasteiger charge is 2.22. The van der Waals surface area contributed by atoms with E-state index in [0.717, 1.165) is 53.5 Å². The van der Waals surface area contributed by atoms with Gasteiger partial charge in [-0.3, -0.25) is 14.8 Å². The lowest BCUT2D eigenvalue weighted by atomic mass is 9.90. The second-order valence-corrected chi connectivity index (χ2v) is 8.54. The lowest BCUT2D eigenvalue weighted by molar-refractivity contribution is -0.119. The minimum atomic E-state index is 0.0596. The van der Waals surface area contributed by atoms with Crippen LogP contribution in [0.1, 0.15) is 32.6 Å². The van der Waals surface area contributed by atoms with Crippen LogP contribution in [-0.4, -0.2) is 32.5 Å². The number of aromatic nitrogens is 3. The second-order valence-electron chi connectivity index (χ2n) is 8.54. The summed E-state index contributed by atoms with van der Waals surface area (Å²) in [6, 6.07) is 13.7. The van der Waals surface area contributed by atoms with Crippen LogP contribution in [0.4, 0.5) is 5.69 Å². The number of fused-ring (bicyclic) bond motifs is 2. The van der Waals surface area contributed by atoms with E-state index in [4.69, 9.17) is 0 Å². The van der Waals surface area contributed by atoms with Crippen LogP contribution < -0.4 is 10.6 Å². The zero-order valence-electron chi connectivity index (χ0n) is 17.9. The monoisotopic (exact) mass is 413 g/mol. The van der Waals surface area contributed by atoms with E-state index >= 15 is 0 Å². The Morgan fingerprint density at radius 2 is 1.77 bits per heavy atom. The number of nitrogens with zero attached hydrogens (tertiary/aromatic N) is 3. The molecule has 0 bridgehead atoms. The molecular weight excluding hydrogens is 386 g/mol. The van der Waals surface area contributed by atoms with Crippen molar-refractivity contribution in [1.82, 2.24) is 19.9 Å². The first-order chi connectivity index (χ1) is 15.1. The van der Waals surface area contributed by atoms with Gasteiger partial charge >= 0.3 is 0 Å². The van der Waals surface area contributed by atoms with E-state index in [1.165, 1.54) is 10.9 Å². The SMILES string of the molecule is CC(=O)NC1CCC(Nc2cc(-c3ccc4ccn(C)c4c3)c3nccnc3c2)CC1. The molecule has 31 heavy (non-hydrogen) atoms. The maximum Gasteiger partial charge on any atom is 0.217 e. The molecule has 158 valence electrons. The number of amides is 1. The topological polar surface area (TPSA) is 71.8 Å². The largest absolute Gasteiger partial charge is 0.382 e. The molecule has 6 heteroatoms. The molecule has 6 nitrogen and oxygen atoms in total. The highest BCUT2D eigenvalue weighted by Crippen LogP contribution is 2.33. The number of carbonyl (C=O) groups excluding carboxylic acids is 1. The maximum absolute atomic E-state index is 11.3. The highest BCUT2D eigenvalue weighted by atomic mass is 16.1. The first-order valence-corrected chi connectivity index (χ1v) is 10.9. The quantitative estimate of drug-likeness (QED) is 0.511. The van der Waals surface area contributed by atoms with Gasteiger partial charge in [-0.1, -0.05) is 12.1 Å². The molecule has 0 radical (unpaired) electrons. The number of hydrogen-bond donors (Lipinski definition) is 2. The van der Waals surface area contributed by atoms with Crippen LogP contribution in [-0.2, 0) is 11.8 Å². The van der Waals surface area contributed by atoms with Crippen molar-refractivity contribution in [2.75, 3.05) is 5.32 Å². The van der Waals surface area contributed by atoms with E-state index in [-0.39, 0.29) is 5.91 Å². The molecule has 1 aliphatic rings. The molecular formula is C25H27N5O. The van der Waals surface area contributed by atoms with E-state index in [9.17, 15) is 4.79 Å². The van der Waals surface area contributed by atoms with E-state index < -0.39 is 0 Å². The average Bonchev–Trinajstić information content (AvgIpc) is 3.14. The molecule has 1 saturated carbocycles. The van der Waals surface area contributed by atoms with Gasteiger partial charge in [0.15, 0.2) is 0 Å². The molecule has 2 heterocycles. The van der Waals surface area contributed by atoms with Crippen molar-refractivity contribution in [3.05, 3.63) is 55.0 Å². The molecule has 2 N–H and O–H groups in total. The van der Waals surface area contributed by atoms with Crippen molar-refractivity contribution in [1.29, 1.82) is 0 Å². The third-order valence-electron chi connectivity index (χ3n) is 6.28. The number of hydrogen-bond acceptors (Lipinski definition) is 4. The zero-order chi connectivity index (χ0) is 21.4. The summed E-state index contributed by atoms with van der Waals surface area (Å²) in [5.41, 5.74) is 6.29. The Balaban J connectivity index is 1.46. The van der Waals surface area contributed by atoms with Crippen LogP contribution in [0.2, 0.25) is 0 Å². The normalized spacial score (nSPS) is 18.9. The minimum absolute atomic E-state index is 0.0596. The van der Waals surface area contributed by atoms with Crippen LogP contribution >= 0.6 is 0 Å². The summed E-state index contributed by atoms with van der Waals surface area (Å²) in [5.74, 6) is 0.0596. The van der Waals surface area contributed by atoms with Crippen molar-refractivity contribution >= 4 is 33.5 Å². The van der Waals surface area contributed by atoms with Gasteiger partial charge in [-0.2, -0.15) is 0 Å². The number of benzene rings is 2. The lowest BCUT2D eigenvalue weighted by Gasteiger charge is -2.30. The molecule has 5 rings (SSSR count). The Kier molecular flexibility index (Phi) is 5.06. The molecule has 0 aliphatic heterocycles. The Morgan fingerprint density at radius 1 is 1.00 bits per heavy atom. The van der Waals surface area contributed by atoms with E-state index in [2.05, 4.69) is 74.8 Å². The van der Waals surface area contributed by atoms with Crippen molar-refractivity contribution < 1.29 is 4.79 Å². The molecule has 0 spiro atoms. The maximum atomic E-state index is 11.3. The molecule has 0 saturated heterocycles. The van der Waals surface area contributed by atoms with E-state index in [0.29, 0.717) is 12.1 Å². The van der Waals surface area contributed by atoms with Crippen molar-refractivity contribution in [2.24, 2.45) is 7.05 Å². The molecule has 2 aromatic heterocycles. The minimum Gasteiger partial charge on any atom is -0.382 e. The summed E-state index contributed by atoms with van der Waals surface area (Å²) < 4.78 is 2.14. The summed E-state index contributed by atoms with van der Waals surface area (Å²) in [4.78, 5) is 20.5. The number of nitrogens with one attached hydrogen (secondary N) is 2. The zero-order valence-corrected chi connectivity index (χ0v) is 17.9. The number of aryl methyl sites for hydroxylation is 1. The van der Waals surface area contributed by atoms with E-state index in [1.807, 2.05) is 0 Å². The molecule has 2 aromatic carbocycles. The fraction of sp³-hybridized carbons (Fsp3) is 0.320. The smallest absolute Gasteiger partial charge is 0.217 e. The van der Waals surface area contributed by atoms with Crippen LogP contribution in [0.25, 0.3) is 33.1 Å². The van der Waals surface area contributed by atoms with Gasteiger partial charge in [0.25, 0.3) is 0 Å². The number of carbonyl (C=O) groups is 1. The predicted molar refractivity (Wildman–Crippen MR) is 125 cm³/mol. The van der Waals surface area contributed by atoms with Gasteiger partial charge in [0.05, 0.1) is 11.0 Å². The molecule has 1 aliphatic carbocycles. The Bertz CT molecular complexity index is 1250. The van der Waals surface area contributed by atoms with Gasteiger partial charge in [0.1, 0.15) is 0 Å². The fourth-order valence-corrected chi connectivity index (χ4v) is 4.71. The van der Waals surface area contributed by atoms with Crippen LogP contribution in [0.15, 0.2) is 55.0 Å². The molecule has 0 atom stereocenters. The number of anilines is 1. The third kappa shape index (κ3) is 3.98. The van der Waals surface area contributed by atoms with Gasteiger partial charge < -0.3 is 15.2 Å². The Hall–Kier alpha value is -3.41. The number of rotatable bonds is 4. The van der Waals surface area contributed by atoms with Crippen LogP contribution in [0.3, 0.4) is 0 Å². The first-order valence-electron chi connectivity index (χ1n) is 10.9. The first kappa shape index (κ1) is 19.5. The van der Waals surface area contributed by atoms with E-state index in [1.54, 1.807) is 19.3 Å². The Morgan fingerprint density at radius 3 is 2.58 bits per heavy atom. The summed E-state index contributed by atoms with van der Waals surface area (Å²) in [6.45, 7) is 1.59. The van der Waals surface area contributed by atoms with Crippen molar-refractivity contribution in [3.63, 3.8) is 0 Å². The molecule has 4 aromatic rings. The van der Waals surface area contributed by atoms with Gasteiger partial charge in [-0.15, -0.1) is 0 Å². The average molecular weight is 414 g/mol.